The fourth-order valence-corrected chi connectivity index (χ4v) is 3.79. The molecule has 1 fully saturated rings. The summed E-state index contributed by atoms with van der Waals surface area (Å²) in [5, 5.41) is 14.4. The summed E-state index contributed by atoms with van der Waals surface area (Å²) >= 11 is 0. The molecule has 1 aliphatic rings. The van der Waals surface area contributed by atoms with Gasteiger partial charge in [-0.1, -0.05) is 37.3 Å². The van der Waals surface area contributed by atoms with Gasteiger partial charge in [0.1, 0.15) is 5.69 Å². The third-order valence-corrected chi connectivity index (χ3v) is 5.42. The number of nitro benzene ring substituents is 1. The molecule has 1 amide bonds. The van der Waals surface area contributed by atoms with Crippen LogP contribution < -0.4 is 10.2 Å². The molecule has 0 saturated carbocycles. The van der Waals surface area contributed by atoms with E-state index in [2.05, 4.69) is 12.2 Å². The first-order valence-corrected chi connectivity index (χ1v) is 10.4. The zero-order valence-electron chi connectivity index (χ0n) is 17.7. The number of carbonyl (C=O) groups is 2. The van der Waals surface area contributed by atoms with Crippen LogP contribution in [0.25, 0.3) is 0 Å². The fraction of sp³-hybridized carbons (Fsp3) is 0.391. The largest absolute Gasteiger partial charge is 0.452 e. The molecule has 0 unspecified atom stereocenters. The van der Waals surface area contributed by atoms with E-state index in [0.717, 1.165) is 31.5 Å². The van der Waals surface area contributed by atoms with Gasteiger partial charge in [-0.25, -0.2) is 4.79 Å². The molecular formula is C23H27N3O5. The summed E-state index contributed by atoms with van der Waals surface area (Å²) in [4.78, 5) is 37.6. The monoisotopic (exact) mass is 425 g/mol. The molecule has 1 heterocycles. The van der Waals surface area contributed by atoms with Gasteiger partial charge in [-0.15, -0.1) is 0 Å². The first kappa shape index (κ1) is 22.3. The molecular weight excluding hydrogens is 398 g/mol. The van der Waals surface area contributed by atoms with Crippen LogP contribution in [-0.2, 0) is 9.53 Å². The van der Waals surface area contributed by atoms with Crippen molar-refractivity contribution in [1.82, 2.24) is 5.32 Å². The maximum atomic E-state index is 12.4. The van der Waals surface area contributed by atoms with Crippen molar-refractivity contribution in [1.29, 1.82) is 0 Å². The zero-order chi connectivity index (χ0) is 22.4. The molecule has 2 aromatic carbocycles. The van der Waals surface area contributed by atoms with Crippen LogP contribution in [0.2, 0.25) is 0 Å². The van der Waals surface area contributed by atoms with Gasteiger partial charge in [-0.3, -0.25) is 14.9 Å². The number of nitrogens with zero attached hydrogens (tertiary/aromatic N) is 2. The normalized spacial score (nSPS) is 17.0. The number of esters is 1. The van der Waals surface area contributed by atoms with Crippen molar-refractivity contribution in [3.05, 3.63) is 69.8 Å². The molecule has 164 valence electrons. The molecule has 2 aromatic rings. The number of nitrogens with one attached hydrogen (secondary N) is 1. The van der Waals surface area contributed by atoms with E-state index in [0.29, 0.717) is 11.6 Å². The second kappa shape index (κ2) is 10.1. The Morgan fingerprint density at radius 2 is 2.00 bits per heavy atom. The van der Waals surface area contributed by atoms with Gasteiger partial charge in [0.15, 0.2) is 6.61 Å². The van der Waals surface area contributed by atoms with Crippen LogP contribution in [0.4, 0.5) is 11.4 Å². The van der Waals surface area contributed by atoms with Crippen molar-refractivity contribution in [2.45, 2.75) is 32.7 Å². The predicted octanol–water partition coefficient (Wildman–Crippen LogP) is 3.87. The van der Waals surface area contributed by atoms with E-state index in [9.17, 15) is 19.7 Å². The zero-order valence-corrected chi connectivity index (χ0v) is 17.7. The van der Waals surface area contributed by atoms with Crippen molar-refractivity contribution < 1.29 is 19.2 Å². The van der Waals surface area contributed by atoms with Gasteiger partial charge in [0.25, 0.3) is 11.6 Å². The van der Waals surface area contributed by atoms with Crippen LogP contribution >= 0.6 is 0 Å². The first-order chi connectivity index (χ1) is 14.8. The number of hydrogen-bond acceptors (Lipinski definition) is 6. The Bertz CT molecular complexity index is 947. The van der Waals surface area contributed by atoms with E-state index in [1.54, 1.807) is 6.07 Å². The summed E-state index contributed by atoms with van der Waals surface area (Å²) in [6, 6.07) is 13.5. The highest BCUT2D eigenvalue weighted by atomic mass is 16.6. The Labute approximate surface area is 181 Å². The minimum Gasteiger partial charge on any atom is -0.452 e. The number of hydrogen-bond donors (Lipinski definition) is 1. The molecule has 2 atom stereocenters. The molecule has 1 saturated heterocycles. The Morgan fingerprint density at radius 1 is 1.26 bits per heavy atom. The van der Waals surface area contributed by atoms with Crippen LogP contribution in [-0.4, -0.2) is 36.5 Å². The lowest BCUT2D eigenvalue weighted by molar-refractivity contribution is -0.384. The predicted molar refractivity (Wildman–Crippen MR) is 117 cm³/mol. The summed E-state index contributed by atoms with van der Waals surface area (Å²) in [5.74, 6) is -0.767. The highest BCUT2D eigenvalue weighted by molar-refractivity contribution is 5.93. The highest BCUT2D eigenvalue weighted by Gasteiger charge is 2.25. The molecule has 0 radical (unpaired) electrons. The molecule has 3 rings (SSSR count). The summed E-state index contributed by atoms with van der Waals surface area (Å²) in [6.45, 7) is 4.97. The van der Waals surface area contributed by atoms with E-state index in [-0.39, 0.29) is 17.3 Å². The molecule has 0 spiro atoms. The Kier molecular flexibility index (Phi) is 7.23. The summed E-state index contributed by atoms with van der Waals surface area (Å²) in [5.41, 5.74) is 1.35. The quantitative estimate of drug-likeness (QED) is 0.411. The Balaban J connectivity index is 1.62. The van der Waals surface area contributed by atoms with E-state index >= 15 is 0 Å². The second-order valence-corrected chi connectivity index (χ2v) is 7.93. The molecule has 0 aliphatic carbocycles. The molecule has 8 nitrogen and oxygen atoms in total. The van der Waals surface area contributed by atoms with Gasteiger partial charge in [0.2, 0.25) is 0 Å². The van der Waals surface area contributed by atoms with E-state index in [1.165, 1.54) is 12.1 Å². The third kappa shape index (κ3) is 5.81. The van der Waals surface area contributed by atoms with E-state index < -0.39 is 23.4 Å². The van der Waals surface area contributed by atoms with E-state index in [4.69, 9.17) is 4.74 Å². The molecule has 0 bridgehead atoms. The van der Waals surface area contributed by atoms with Gasteiger partial charge >= 0.3 is 5.97 Å². The van der Waals surface area contributed by atoms with Gasteiger partial charge < -0.3 is 15.0 Å². The lowest BCUT2D eigenvalue weighted by Gasteiger charge is -2.32. The Hall–Kier alpha value is -3.42. The van der Waals surface area contributed by atoms with Crippen LogP contribution in [0.3, 0.4) is 0 Å². The summed E-state index contributed by atoms with van der Waals surface area (Å²) < 4.78 is 5.08. The first-order valence-electron chi connectivity index (χ1n) is 10.4. The molecule has 1 N–H and O–H groups in total. The van der Waals surface area contributed by atoms with Crippen molar-refractivity contribution in [3.8, 4) is 0 Å². The number of anilines is 1. The van der Waals surface area contributed by atoms with Crippen LogP contribution in [0.15, 0.2) is 48.5 Å². The third-order valence-electron chi connectivity index (χ3n) is 5.42. The minimum absolute atomic E-state index is 0.0458. The van der Waals surface area contributed by atoms with Gasteiger partial charge in [0.05, 0.1) is 16.5 Å². The number of benzene rings is 2. The SMILES string of the molecule is C[C@@H]1CCCN(c2ccc(C(=O)OCC(=O)N[C@@H](C)c3ccccc3)cc2[N+](=O)[O-])C1. The maximum absolute atomic E-state index is 12.4. The maximum Gasteiger partial charge on any atom is 0.338 e. The molecule has 1 aliphatic heterocycles. The number of carbonyl (C=O) groups excluding carboxylic acids is 2. The topological polar surface area (TPSA) is 102 Å². The highest BCUT2D eigenvalue weighted by Crippen LogP contribution is 2.32. The number of rotatable bonds is 7. The molecule has 8 heteroatoms. The summed E-state index contributed by atoms with van der Waals surface area (Å²) in [7, 11) is 0. The number of nitro groups is 1. The smallest absolute Gasteiger partial charge is 0.338 e. The Morgan fingerprint density at radius 3 is 2.68 bits per heavy atom. The second-order valence-electron chi connectivity index (χ2n) is 7.93. The van der Waals surface area contributed by atoms with E-state index in [1.807, 2.05) is 42.2 Å². The van der Waals surface area contributed by atoms with Crippen molar-refractivity contribution >= 4 is 23.3 Å². The van der Waals surface area contributed by atoms with Crippen molar-refractivity contribution in [3.63, 3.8) is 0 Å². The average Bonchev–Trinajstić information content (AvgIpc) is 2.77. The number of ether oxygens (including phenoxy) is 1. The van der Waals surface area contributed by atoms with Crippen LogP contribution in [0.1, 0.15) is 48.7 Å². The fourth-order valence-electron chi connectivity index (χ4n) is 3.79. The van der Waals surface area contributed by atoms with Gasteiger partial charge in [-0.2, -0.15) is 0 Å². The lowest BCUT2D eigenvalue weighted by atomic mass is 9.99. The minimum atomic E-state index is -0.774. The molecule has 0 aromatic heterocycles. The lowest BCUT2D eigenvalue weighted by Crippen LogP contribution is -2.34. The summed E-state index contributed by atoms with van der Waals surface area (Å²) in [6.07, 6.45) is 2.07. The standard InChI is InChI=1S/C23H27N3O5/c1-16-7-6-12-25(14-16)20-11-10-19(13-21(20)26(29)30)23(28)31-15-22(27)24-17(2)18-8-4-3-5-9-18/h3-5,8-11,13,16-17H,6-7,12,14-15H2,1-2H3,(H,24,27)/t16-,17+/m1/s1. The number of piperidine rings is 1. The average molecular weight is 425 g/mol. The number of amides is 1. The van der Waals surface area contributed by atoms with Crippen LogP contribution in [0, 0.1) is 16.0 Å². The molecule has 31 heavy (non-hydrogen) atoms. The van der Waals surface area contributed by atoms with Crippen molar-refractivity contribution in [2.24, 2.45) is 5.92 Å². The van der Waals surface area contributed by atoms with Crippen LogP contribution in [0.5, 0.6) is 0 Å². The van der Waals surface area contributed by atoms with Gasteiger partial charge in [-0.05, 0) is 43.4 Å². The van der Waals surface area contributed by atoms with Crippen molar-refractivity contribution in [2.75, 3.05) is 24.6 Å². The van der Waals surface area contributed by atoms with Gasteiger partial charge in [0, 0.05) is 19.2 Å².